The van der Waals surface area contributed by atoms with Crippen LogP contribution in [0.15, 0.2) is 82.3 Å². The first-order chi connectivity index (χ1) is 13.2. The van der Waals surface area contributed by atoms with Crippen LogP contribution in [0.3, 0.4) is 0 Å². The topological polar surface area (TPSA) is 68.5 Å². The van der Waals surface area contributed by atoms with E-state index in [0.717, 1.165) is 5.56 Å². The number of carbonyl (C=O) groups excluding carboxylic acids is 2. The van der Waals surface area contributed by atoms with Crippen LogP contribution in [0.1, 0.15) is 21.7 Å². The fourth-order valence-electron chi connectivity index (χ4n) is 2.36. The number of ether oxygens (including phenoxy) is 1. The van der Waals surface area contributed by atoms with Gasteiger partial charge in [-0.05, 0) is 29.8 Å². The normalized spacial score (nSPS) is 10.4. The number of carbonyl (C=O) groups is 2. The van der Waals surface area contributed by atoms with Gasteiger partial charge in [0.2, 0.25) is 5.91 Å². The van der Waals surface area contributed by atoms with Crippen LogP contribution in [0.25, 0.3) is 0 Å². The number of thioether (sulfide) groups is 1. The first-order valence-electron chi connectivity index (χ1n) is 8.44. The van der Waals surface area contributed by atoms with Crippen molar-refractivity contribution in [3.63, 3.8) is 0 Å². The molecule has 1 aromatic heterocycles. The first kappa shape index (κ1) is 18.8. The van der Waals surface area contributed by atoms with Gasteiger partial charge in [-0.15, -0.1) is 11.8 Å². The Bertz CT molecular complexity index is 878. The zero-order chi connectivity index (χ0) is 18.9. The highest BCUT2D eigenvalue weighted by atomic mass is 32.2. The molecule has 0 saturated carbocycles. The average molecular weight is 381 g/mol. The van der Waals surface area contributed by atoms with Crippen molar-refractivity contribution in [3.8, 4) is 0 Å². The minimum Gasteiger partial charge on any atom is -0.467 e. The van der Waals surface area contributed by atoms with Gasteiger partial charge in [-0.25, -0.2) is 4.79 Å². The standard InChI is InChI=1S/C21H19NO4S/c23-20(22-13-17-9-6-12-25-17)15-27-19-11-5-4-10-18(19)21(24)26-14-16-7-2-1-3-8-16/h1-12H,13-15H2,(H,22,23). The van der Waals surface area contributed by atoms with Gasteiger partial charge in [-0.3, -0.25) is 4.79 Å². The molecule has 0 aliphatic carbocycles. The lowest BCUT2D eigenvalue weighted by molar-refractivity contribution is -0.118. The van der Waals surface area contributed by atoms with Crippen LogP contribution in [0, 0.1) is 0 Å². The molecule has 0 atom stereocenters. The maximum Gasteiger partial charge on any atom is 0.339 e. The number of furan rings is 1. The lowest BCUT2D eigenvalue weighted by atomic mass is 10.2. The SMILES string of the molecule is O=C(CSc1ccccc1C(=O)OCc1ccccc1)NCc1ccco1. The summed E-state index contributed by atoms with van der Waals surface area (Å²) >= 11 is 1.30. The third kappa shape index (κ3) is 5.76. The fourth-order valence-corrected chi connectivity index (χ4v) is 3.23. The smallest absolute Gasteiger partial charge is 0.339 e. The molecule has 0 unspecified atom stereocenters. The summed E-state index contributed by atoms with van der Waals surface area (Å²) in [5.74, 6) is 0.351. The number of benzene rings is 2. The Hall–Kier alpha value is -2.99. The van der Waals surface area contributed by atoms with Crippen LogP contribution in [-0.2, 0) is 22.7 Å². The van der Waals surface area contributed by atoms with Crippen molar-refractivity contribution in [1.29, 1.82) is 0 Å². The van der Waals surface area contributed by atoms with Crippen LogP contribution < -0.4 is 5.32 Å². The van der Waals surface area contributed by atoms with E-state index in [4.69, 9.17) is 9.15 Å². The molecular formula is C21H19NO4S. The number of rotatable bonds is 8. The summed E-state index contributed by atoms with van der Waals surface area (Å²) in [5.41, 5.74) is 1.38. The van der Waals surface area contributed by atoms with Crippen LogP contribution in [0.5, 0.6) is 0 Å². The van der Waals surface area contributed by atoms with Crippen molar-refractivity contribution < 1.29 is 18.7 Å². The maximum atomic E-state index is 12.4. The summed E-state index contributed by atoms with van der Waals surface area (Å²) in [5, 5.41) is 2.78. The summed E-state index contributed by atoms with van der Waals surface area (Å²) < 4.78 is 10.6. The Labute approximate surface area is 161 Å². The van der Waals surface area contributed by atoms with E-state index >= 15 is 0 Å². The molecule has 1 N–H and O–H groups in total. The number of hydrogen-bond donors (Lipinski definition) is 1. The highest BCUT2D eigenvalue weighted by Gasteiger charge is 2.14. The maximum absolute atomic E-state index is 12.4. The third-order valence-corrected chi connectivity index (χ3v) is 4.79. The molecule has 0 aliphatic rings. The summed E-state index contributed by atoms with van der Waals surface area (Å²) in [4.78, 5) is 25.1. The second-order valence-electron chi connectivity index (χ2n) is 5.70. The molecule has 0 saturated heterocycles. The number of nitrogens with one attached hydrogen (secondary N) is 1. The van der Waals surface area contributed by atoms with Gasteiger partial charge < -0.3 is 14.5 Å². The first-order valence-corrected chi connectivity index (χ1v) is 9.43. The largest absolute Gasteiger partial charge is 0.467 e. The van der Waals surface area contributed by atoms with E-state index in [1.165, 1.54) is 11.8 Å². The van der Waals surface area contributed by atoms with E-state index in [1.807, 2.05) is 42.5 Å². The zero-order valence-electron chi connectivity index (χ0n) is 14.6. The molecular weight excluding hydrogens is 362 g/mol. The van der Waals surface area contributed by atoms with Crippen molar-refractivity contribution in [1.82, 2.24) is 5.32 Å². The molecule has 6 heteroatoms. The fraction of sp³-hybridized carbons (Fsp3) is 0.143. The summed E-state index contributed by atoms with van der Waals surface area (Å²) in [6.07, 6.45) is 1.56. The lowest BCUT2D eigenvalue weighted by Gasteiger charge is -2.09. The van der Waals surface area contributed by atoms with E-state index in [-0.39, 0.29) is 18.3 Å². The molecule has 1 heterocycles. The summed E-state index contributed by atoms with van der Waals surface area (Å²) in [6.45, 7) is 0.551. The minimum absolute atomic E-state index is 0.135. The molecule has 0 bridgehead atoms. The molecule has 5 nitrogen and oxygen atoms in total. The van der Waals surface area contributed by atoms with Crippen molar-refractivity contribution >= 4 is 23.6 Å². The van der Waals surface area contributed by atoms with Crippen molar-refractivity contribution in [2.75, 3.05) is 5.75 Å². The van der Waals surface area contributed by atoms with Crippen LogP contribution in [0.2, 0.25) is 0 Å². The number of esters is 1. The van der Waals surface area contributed by atoms with Gasteiger partial charge >= 0.3 is 5.97 Å². The molecule has 0 aliphatic heterocycles. The van der Waals surface area contributed by atoms with E-state index in [0.29, 0.717) is 22.8 Å². The van der Waals surface area contributed by atoms with Gasteiger partial charge in [0.25, 0.3) is 0 Å². The van der Waals surface area contributed by atoms with Gasteiger partial charge in [0.1, 0.15) is 12.4 Å². The third-order valence-electron chi connectivity index (χ3n) is 3.72. The second kappa shape index (κ2) is 9.64. The Morgan fingerprint density at radius 2 is 1.74 bits per heavy atom. The van der Waals surface area contributed by atoms with Crippen molar-refractivity contribution in [3.05, 3.63) is 89.9 Å². The zero-order valence-corrected chi connectivity index (χ0v) is 15.4. The number of hydrogen-bond acceptors (Lipinski definition) is 5. The minimum atomic E-state index is -0.405. The van der Waals surface area contributed by atoms with Gasteiger partial charge in [0.05, 0.1) is 24.1 Å². The Morgan fingerprint density at radius 3 is 2.52 bits per heavy atom. The average Bonchev–Trinajstić information content (AvgIpc) is 3.23. The van der Waals surface area contributed by atoms with E-state index < -0.39 is 5.97 Å². The summed E-state index contributed by atoms with van der Waals surface area (Å²) in [7, 11) is 0. The quantitative estimate of drug-likeness (QED) is 0.471. The van der Waals surface area contributed by atoms with Gasteiger partial charge in [-0.1, -0.05) is 42.5 Å². The predicted octanol–water partition coefficient (Wildman–Crippen LogP) is 4.05. The van der Waals surface area contributed by atoms with E-state index in [9.17, 15) is 9.59 Å². The molecule has 138 valence electrons. The summed E-state index contributed by atoms with van der Waals surface area (Å²) in [6, 6.07) is 20.2. The van der Waals surface area contributed by atoms with Gasteiger partial charge in [-0.2, -0.15) is 0 Å². The van der Waals surface area contributed by atoms with Crippen LogP contribution in [0.4, 0.5) is 0 Å². The molecule has 27 heavy (non-hydrogen) atoms. The molecule has 0 radical (unpaired) electrons. The van der Waals surface area contributed by atoms with E-state index in [2.05, 4.69) is 5.32 Å². The van der Waals surface area contributed by atoms with Crippen LogP contribution in [-0.4, -0.2) is 17.6 Å². The molecule has 2 aromatic carbocycles. The Kier molecular flexibility index (Phi) is 6.71. The Morgan fingerprint density at radius 1 is 0.963 bits per heavy atom. The van der Waals surface area contributed by atoms with Gasteiger partial charge in [0, 0.05) is 4.90 Å². The molecule has 0 fully saturated rings. The molecule has 3 rings (SSSR count). The second-order valence-corrected chi connectivity index (χ2v) is 6.72. The number of amides is 1. The van der Waals surface area contributed by atoms with E-state index in [1.54, 1.807) is 30.5 Å². The highest BCUT2D eigenvalue weighted by molar-refractivity contribution is 8.00. The van der Waals surface area contributed by atoms with Crippen molar-refractivity contribution in [2.24, 2.45) is 0 Å². The van der Waals surface area contributed by atoms with Crippen LogP contribution >= 0.6 is 11.8 Å². The van der Waals surface area contributed by atoms with Crippen molar-refractivity contribution in [2.45, 2.75) is 18.0 Å². The lowest BCUT2D eigenvalue weighted by Crippen LogP contribution is -2.24. The monoisotopic (exact) mass is 381 g/mol. The Balaban J connectivity index is 1.53. The highest BCUT2D eigenvalue weighted by Crippen LogP contribution is 2.23. The molecule has 1 amide bonds. The molecule has 0 spiro atoms. The molecule has 3 aromatic rings. The van der Waals surface area contributed by atoms with Gasteiger partial charge in [0.15, 0.2) is 0 Å². The predicted molar refractivity (Wildman–Crippen MR) is 103 cm³/mol.